The van der Waals surface area contributed by atoms with Crippen LogP contribution < -0.4 is 10.1 Å². The van der Waals surface area contributed by atoms with Gasteiger partial charge in [-0.05, 0) is 42.5 Å². The first-order valence-electron chi connectivity index (χ1n) is 7.00. The molecular weight excluding hydrogens is 330 g/mol. The van der Waals surface area contributed by atoms with E-state index in [1.807, 2.05) is 49.6 Å². The van der Waals surface area contributed by atoms with Gasteiger partial charge in [0.05, 0.1) is 4.88 Å². The van der Waals surface area contributed by atoms with Crippen LogP contribution in [0.4, 0.5) is 5.13 Å². The Kier molecular flexibility index (Phi) is 4.68. The first-order valence-corrected chi connectivity index (χ1v) is 8.69. The maximum absolute atomic E-state index is 12.0. The summed E-state index contributed by atoms with van der Waals surface area (Å²) < 4.78 is 5.58. The van der Waals surface area contributed by atoms with Crippen LogP contribution in [0.25, 0.3) is 9.88 Å². The van der Waals surface area contributed by atoms with E-state index in [-0.39, 0.29) is 12.5 Å². The molecule has 1 amide bonds. The average Bonchev–Trinajstić information content (AvgIpc) is 3.19. The van der Waals surface area contributed by atoms with Gasteiger partial charge in [-0.1, -0.05) is 29.5 Å². The summed E-state index contributed by atoms with van der Waals surface area (Å²) in [6.07, 6.45) is 0. The van der Waals surface area contributed by atoms with Crippen LogP contribution in [0, 0.1) is 13.8 Å². The fraction of sp³-hybridized carbons (Fsp3) is 0.188. The summed E-state index contributed by atoms with van der Waals surface area (Å²) >= 11 is 2.94. The maximum Gasteiger partial charge on any atom is 0.264 e. The van der Waals surface area contributed by atoms with E-state index in [1.165, 1.54) is 11.3 Å². The molecule has 3 aromatic rings. The van der Waals surface area contributed by atoms with Gasteiger partial charge in [0.1, 0.15) is 5.75 Å². The van der Waals surface area contributed by atoms with Crippen LogP contribution in [0.15, 0.2) is 35.7 Å². The molecular formula is C16H15N3O2S2. The molecule has 5 nitrogen and oxygen atoms in total. The molecule has 0 aliphatic rings. The van der Waals surface area contributed by atoms with Crippen LogP contribution in [0.1, 0.15) is 11.1 Å². The van der Waals surface area contributed by atoms with Crippen LogP contribution in [-0.2, 0) is 4.79 Å². The molecule has 0 bridgehead atoms. The number of carbonyl (C=O) groups excluding carboxylic acids is 1. The van der Waals surface area contributed by atoms with Crippen molar-refractivity contribution in [3.63, 3.8) is 0 Å². The summed E-state index contributed by atoms with van der Waals surface area (Å²) in [4.78, 5) is 13.0. The molecule has 0 aliphatic carbocycles. The highest BCUT2D eigenvalue weighted by Crippen LogP contribution is 2.29. The fourth-order valence-electron chi connectivity index (χ4n) is 1.95. The molecule has 7 heteroatoms. The van der Waals surface area contributed by atoms with E-state index in [2.05, 4.69) is 15.5 Å². The molecule has 118 valence electrons. The Balaban J connectivity index is 1.58. The maximum atomic E-state index is 12.0. The van der Waals surface area contributed by atoms with E-state index < -0.39 is 0 Å². The third-order valence-corrected chi connectivity index (χ3v) is 5.19. The van der Waals surface area contributed by atoms with Crippen molar-refractivity contribution in [3.8, 4) is 15.6 Å². The highest BCUT2D eigenvalue weighted by atomic mass is 32.1. The predicted molar refractivity (Wildman–Crippen MR) is 93.3 cm³/mol. The van der Waals surface area contributed by atoms with E-state index in [0.717, 1.165) is 26.8 Å². The summed E-state index contributed by atoms with van der Waals surface area (Å²) in [6, 6.07) is 9.71. The lowest BCUT2D eigenvalue weighted by molar-refractivity contribution is -0.118. The number of thiophene rings is 1. The van der Waals surface area contributed by atoms with Crippen molar-refractivity contribution in [2.45, 2.75) is 13.8 Å². The minimum absolute atomic E-state index is 0.0573. The number of carbonyl (C=O) groups is 1. The first-order chi connectivity index (χ1) is 11.1. The largest absolute Gasteiger partial charge is 0.483 e. The van der Waals surface area contributed by atoms with Crippen LogP contribution >= 0.6 is 22.7 Å². The molecule has 23 heavy (non-hydrogen) atoms. The number of amides is 1. The molecule has 0 saturated carbocycles. The van der Waals surface area contributed by atoms with E-state index in [0.29, 0.717) is 5.13 Å². The molecule has 0 saturated heterocycles. The van der Waals surface area contributed by atoms with Crippen molar-refractivity contribution >= 4 is 33.7 Å². The third-order valence-electron chi connectivity index (χ3n) is 3.32. The molecule has 2 aromatic heterocycles. The second-order valence-electron chi connectivity index (χ2n) is 4.92. The number of ether oxygens (including phenoxy) is 1. The van der Waals surface area contributed by atoms with Gasteiger partial charge >= 0.3 is 0 Å². The number of nitrogens with one attached hydrogen (secondary N) is 1. The lowest BCUT2D eigenvalue weighted by atomic mass is 10.1. The van der Waals surface area contributed by atoms with Gasteiger partial charge < -0.3 is 4.74 Å². The lowest BCUT2D eigenvalue weighted by Crippen LogP contribution is -2.20. The molecule has 0 fully saturated rings. The van der Waals surface area contributed by atoms with E-state index in [4.69, 9.17) is 4.74 Å². The zero-order chi connectivity index (χ0) is 16.2. The number of hydrogen-bond acceptors (Lipinski definition) is 6. The highest BCUT2D eigenvalue weighted by molar-refractivity contribution is 7.23. The molecule has 3 rings (SSSR count). The smallest absolute Gasteiger partial charge is 0.264 e. The summed E-state index contributed by atoms with van der Waals surface area (Å²) in [5, 5.41) is 14.0. The Bertz CT molecular complexity index is 813. The van der Waals surface area contributed by atoms with Crippen LogP contribution in [0.5, 0.6) is 5.75 Å². The average molecular weight is 345 g/mol. The zero-order valence-corrected chi connectivity index (χ0v) is 14.3. The van der Waals surface area contributed by atoms with Gasteiger partial charge in [0, 0.05) is 0 Å². The number of hydrogen-bond donors (Lipinski definition) is 1. The Morgan fingerprint density at radius 1 is 1.22 bits per heavy atom. The van der Waals surface area contributed by atoms with Crippen molar-refractivity contribution in [1.82, 2.24) is 10.2 Å². The molecule has 1 N–H and O–H groups in total. The molecule has 0 spiro atoms. The standard InChI is InChI=1S/C16H15N3O2S2/c1-10-5-3-6-12(11(10)2)21-9-14(20)17-16-19-18-15(23-16)13-7-4-8-22-13/h3-8H,9H2,1-2H3,(H,17,19,20). The van der Waals surface area contributed by atoms with Crippen molar-refractivity contribution < 1.29 is 9.53 Å². The van der Waals surface area contributed by atoms with Crippen LogP contribution in [0.3, 0.4) is 0 Å². The van der Waals surface area contributed by atoms with Gasteiger partial charge in [-0.3, -0.25) is 10.1 Å². The van der Waals surface area contributed by atoms with Gasteiger partial charge in [0.15, 0.2) is 11.6 Å². The Labute approximate surface area is 142 Å². The van der Waals surface area contributed by atoms with Gasteiger partial charge in [-0.25, -0.2) is 0 Å². The zero-order valence-electron chi connectivity index (χ0n) is 12.7. The Morgan fingerprint density at radius 2 is 2.09 bits per heavy atom. The monoisotopic (exact) mass is 345 g/mol. The minimum atomic E-state index is -0.250. The predicted octanol–water partition coefficient (Wildman–Crippen LogP) is 3.90. The number of benzene rings is 1. The summed E-state index contributed by atoms with van der Waals surface area (Å²) in [5.41, 5.74) is 2.17. The summed E-state index contributed by atoms with van der Waals surface area (Å²) in [6.45, 7) is 3.93. The van der Waals surface area contributed by atoms with E-state index in [9.17, 15) is 4.79 Å². The number of rotatable bonds is 5. The Morgan fingerprint density at radius 3 is 2.87 bits per heavy atom. The quantitative estimate of drug-likeness (QED) is 0.762. The van der Waals surface area contributed by atoms with Crippen molar-refractivity contribution in [1.29, 1.82) is 0 Å². The van der Waals surface area contributed by atoms with Crippen LogP contribution in [0.2, 0.25) is 0 Å². The van der Waals surface area contributed by atoms with E-state index >= 15 is 0 Å². The molecule has 1 aromatic carbocycles. The number of aryl methyl sites for hydroxylation is 1. The molecule has 0 atom stereocenters. The number of nitrogens with zero attached hydrogens (tertiary/aromatic N) is 2. The Hall–Kier alpha value is -2.25. The van der Waals surface area contributed by atoms with Crippen molar-refractivity contribution in [2.75, 3.05) is 11.9 Å². The van der Waals surface area contributed by atoms with E-state index in [1.54, 1.807) is 11.3 Å². The molecule has 2 heterocycles. The molecule has 0 radical (unpaired) electrons. The van der Waals surface area contributed by atoms with Gasteiger partial charge in [-0.2, -0.15) is 0 Å². The number of aromatic nitrogens is 2. The SMILES string of the molecule is Cc1cccc(OCC(=O)Nc2nnc(-c3cccs3)s2)c1C. The third kappa shape index (κ3) is 3.75. The molecule has 0 unspecified atom stereocenters. The normalized spacial score (nSPS) is 10.5. The second kappa shape index (κ2) is 6.89. The lowest BCUT2D eigenvalue weighted by Gasteiger charge is -2.10. The fourth-order valence-corrected chi connectivity index (χ4v) is 3.50. The van der Waals surface area contributed by atoms with Crippen molar-refractivity contribution in [2.24, 2.45) is 0 Å². The van der Waals surface area contributed by atoms with Crippen molar-refractivity contribution in [3.05, 3.63) is 46.8 Å². The number of anilines is 1. The van der Waals surface area contributed by atoms with Crippen LogP contribution in [-0.4, -0.2) is 22.7 Å². The highest BCUT2D eigenvalue weighted by Gasteiger charge is 2.11. The van der Waals surface area contributed by atoms with Gasteiger partial charge in [0.2, 0.25) is 5.13 Å². The summed E-state index contributed by atoms with van der Waals surface area (Å²) in [7, 11) is 0. The molecule has 0 aliphatic heterocycles. The summed E-state index contributed by atoms with van der Waals surface area (Å²) in [5.74, 6) is 0.469. The van der Waals surface area contributed by atoms with Gasteiger partial charge in [0.25, 0.3) is 5.91 Å². The van der Waals surface area contributed by atoms with Gasteiger partial charge in [-0.15, -0.1) is 21.5 Å². The second-order valence-corrected chi connectivity index (χ2v) is 6.85. The topological polar surface area (TPSA) is 64.1 Å². The first kappa shape index (κ1) is 15.6. The minimum Gasteiger partial charge on any atom is -0.483 e.